The molecule has 2 N–H and O–H groups in total. The molecule has 5 heteroatoms. The first-order valence-corrected chi connectivity index (χ1v) is 3.87. The monoisotopic (exact) mass is 187 g/mol. The maximum Gasteiger partial charge on any atom is 0.331 e. The quantitative estimate of drug-likeness (QED) is 0.437. The van der Waals surface area contributed by atoms with Crippen molar-refractivity contribution in [2.45, 2.75) is 13.0 Å². The number of carbonyl (C=O) groups excluding carboxylic acids is 2. The van der Waals surface area contributed by atoms with Gasteiger partial charge in [0.05, 0.1) is 6.61 Å². The first kappa shape index (κ1) is 11.6. The highest BCUT2D eigenvalue weighted by atomic mass is 16.6. The summed E-state index contributed by atoms with van der Waals surface area (Å²) in [7, 11) is 0. The Balaban J connectivity index is 4.08. The molecular formula is C8H13NO4. The van der Waals surface area contributed by atoms with Crippen molar-refractivity contribution >= 4 is 11.9 Å². The second-order valence-corrected chi connectivity index (χ2v) is 2.21. The van der Waals surface area contributed by atoms with Crippen molar-refractivity contribution in [1.29, 1.82) is 0 Å². The Hall–Kier alpha value is -1.36. The molecule has 0 aliphatic carbocycles. The van der Waals surface area contributed by atoms with Crippen LogP contribution in [-0.2, 0) is 14.3 Å². The summed E-state index contributed by atoms with van der Waals surface area (Å²) in [6, 6.07) is 0. The lowest BCUT2D eigenvalue weighted by molar-refractivity contribution is -0.153. The van der Waals surface area contributed by atoms with Crippen LogP contribution in [0.1, 0.15) is 6.92 Å². The number of esters is 1. The van der Waals surface area contributed by atoms with E-state index in [-0.39, 0.29) is 0 Å². The number of aliphatic hydroxyl groups is 1. The highest BCUT2D eigenvalue weighted by Crippen LogP contribution is 1.92. The largest absolute Gasteiger partial charge is 0.447 e. The molecule has 0 heterocycles. The second-order valence-electron chi connectivity index (χ2n) is 2.21. The molecule has 0 saturated carbocycles. The molecule has 0 saturated heterocycles. The van der Waals surface area contributed by atoms with E-state index in [1.165, 1.54) is 0 Å². The lowest BCUT2D eigenvalue weighted by Crippen LogP contribution is -2.39. The molecule has 0 aromatic rings. The van der Waals surface area contributed by atoms with Crippen LogP contribution in [0.3, 0.4) is 0 Å². The fourth-order valence-electron chi connectivity index (χ4n) is 0.650. The topological polar surface area (TPSA) is 75.6 Å². The Morgan fingerprint density at radius 3 is 2.69 bits per heavy atom. The van der Waals surface area contributed by atoms with Crippen LogP contribution in [0.2, 0.25) is 0 Å². The molecule has 0 bridgehead atoms. The van der Waals surface area contributed by atoms with Gasteiger partial charge in [-0.25, -0.2) is 4.79 Å². The van der Waals surface area contributed by atoms with Crippen molar-refractivity contribution in [2.24, 2.45) is 0 Å². The zero-order chi connectivity index (χ0) is 10.3. The number of likely N-dealkylation sites (N-methyl/N-ethyl adjacent to an activating group) is 1. The highest BCUT2D eigenvalue weighted by molar-refractivity contribution is 5.87. The minimum Gasteiger partial charge on any atom is -0.447 e. The third-order valence-electron chi connectivity index (χ3n) is 1.23. The van der Waals surface area contributed by atoms with E-state index < -0.39 is 24.6 Å². The number of aliphatic hydroxyl groups excluding tert-OH is 1. The standard InChI is InChI=1S/C8H13NO4/c1-3-7(11)13-6(5-10)8(12)9-4-2/h3,6,10H,1,4-5H2,2H3,(H,9,12). The van der Waals surface area contributed by atoms with Crippen molar-refractivity contribution in [3.05, 3.63) is 12.7 Å². The number of nitrogens with one attached hydrogen (secondary N) is 1. The Morgan fingerprint density at radius 2 is 2.31 bits per heavy atom. The fourth-order valence-corrected chi connectivity index (χ4v) is 0.650. The Bertz CT molecular complexity index is 202. The molecule has 1 atom stereocenters. The fraction of sp³-hybridized carbons (Fsp3) is 0.500. The van der Waals surface area contributed by atoms with E-state index >= 15 is 0 Å². The Morgan fingerprint density at radius 1 is 1.69 bits per heavy atom. The molecule has 0 fully saturated rings. The molecule has 0 aromatic carbocycles. The molecule has 0 aromatic heterocycles. The van der Waals surface area contributed by atoms with E-state index in [2.05, 4.69) is 16.6 Å². The number of hydrogen-bond acceptors (Lipinski definition) is 4. The molecule has 0 spiro atoms. The van der Waals surface area contributed by atoms with E-state index in [1.807, 2.05) is 0 Å². The van der Waals surface area contributed by atoms with Crippen LogP contribution in [-0.4, -0.2) is 36.2 Å². The highest BCUT2D eigenvalue weighted by Gasteiger charge is 2.19. The Labute approximate surface area is 76.4 Å². The third kappa shape index (κ3) is 4.27. The van der Waals surface area contributed by atoms with Crippen LogP contribution in [0.5, 0.6) is 0 Å². The first-order chi connectivity index (χ1) is 6.15. The van der Waals surface area contributed by atoms with Crippen LogP contribution >= 0.6 is 0 Å². The molecule has 1 unspecified atom stereocenters. The summed E-state index contributed by atoms with van der Waals surface area (Å²) in [6.07, 6.45) is -0.215. The van der Waals surface area contributed by atoms with Gasteiger partial charge in [0, 0.05) is 12.6 Å². The molecule has 0 rings (SSSR count). The molecule has 0 aliphatic rings. The number of ether oxygens (including phenoxy) is 1. The van der Waals surface area contributed by atoms with Gasteiger partial charge in [-0.2, -0.15) is 0 Å². The number of hydrogen-bond donors (Lipinski definition) is 2. The SMILES string of the molecule is C=CC(=O)OC(CO)C(=O)NCC. The summed E-state index contributed by atoms with van der Waals surface area (Å²) in [5.74, 6) is -1.24. The van der Waals surface area contributed by atoms with Gasteiger partial charge in [0.1, 0.15) is 0 Å². The molecule has 5 nitrogen and oxygen atoms in total. The van der Waals surface area contributed by atoms with Gasteiger partial charge in [-0.15, -0.1) is 0 Å². The van der Waals surface area contributed by atoms with Crippen LogP contribution in [0.15, 0.2) is 12.7 Å². The maximum atomic E-state index is 11.0. The van der Waals surface area contributed by atoms with Gasteiger partial charge in [0.25, 0.3) is 5.91 Å². The molecular weight excluding hydrogens is 174 g/mol. The average Bonchev–Trinajstić information content (AvgIpc) is 2.14. The van der Waals surface area contributed by atoms with Crippen molar-refractivity contribution in [3.8, 4) is 0 Å². The van der Waals surface area contributed by atoms with Crippen molar-refractivity contribution in [1.82, 2.24) is 5.32 Å². The third-order valence-corrected chi connectivity index (χ3v) is 1.23. The minimum atomic E-state index is -1.15. The van der Waals surface area contributed by atoms with Crippen LogP contribution in [0.25, 0.3) is 0 Å². The van der Waals surface area contributed by atoms with Gasteiger partial charge in [0.2, 0.25) is 6.10 Å². The van der Waals surface area contributed by atoms with E-state index in [1.54, 1.807) is 6.92 Å². The number of amides is 1. The van der Waals surface area contributed by atoms with E-state index in [9.17, 15) is 9.59 Å². The summed E-state index contributed by atoms with van der Waals surface area (Å²) < 4.78 is 4.54. The molecule has 13 heavy (non-hydrogen) atoms. The van der Waals surface area contributed by atoms with Gasteiger partial charge < -0.3 is 15.2 Å². The molecule has 0 radical (unpaired) electrons. The number of rotatable bonds is 5. The predicted molar refractivity (Wildman–Crippen MR) is 45.8 cm³/mol. The van der Waals surface area contributed by atoms with Gasteiger partial charge in [0.15, 0.2) is 0 Å². The summed E-state index contributed by atoms with van der Waals surface area (Å²) in [5, 5.41) is 11.1. The van der Waals surface area contributed by atoms with Gasteiger partial charge in [-0.3, -0.25) is 4.79 Å². The van der Waals surface area contributed by atoms with Gasteiger partial charge >= 0.3 is 5.97 Å². The first-order valence-electron chi connectivity index (χ1n) is 3.87. The minimum absolute atomic E-state index is 0.418. The molecule has 1 amide bonds. The molecule has 0 aliphatic heterocycles. The predicted octanol–water partition coefficient (Wildman–Crippen LogP) is -0.787. The van der Waals surface area contributed by atoms with Crippen molar-refractivity contribution in [2.75, 3.05) is 13.2 Å². The van der Waals surface area contributed by atoms with Crippen molar-refractivity contribution < 1.29 is 19.4 Å². The van der Waals surface area contributed by atoms with E-state index in [4.69, 9.17) is 5.11 Å². The molecule has 74 valence electrons. The summed E-state index contributed by atoms with van der Waals surface area (Å²) in [4.78, 5) is 21.7. The van der Waals surface area contributed by atoms with Crippen LogP contribution < -0.4 is 5.32 Å². The lowest BCUT2D eigenvalue weighted by Gasteiger charge is -2.12. The maximum absolute atomic E-state index is 11.0. The van der Waals surface area contributed by atoms with Gasteiger partial charge in [-0.05, 0) is 6.92 Å². The second kappa shape index (κ2) is 6.19. The normalized spacial score (nSPS) is 11.5. The number of carbonyl (C=O) groups is 2. The summed E-state index contributed by atoms with van der Waals surface area (Å²) >= 11 is 0. The van der Waals surface area contributed by atoms with Gasteiger partial charge in [-0.1, -0.05) is 6.58 Å². The zero-order valence-electron chi connectivity index (χ0n) is 7.45. The summed E-state index contributed by atoms with van der Waals surface area (Å²) in [5.41, 5.74) is 0. The van der Waals surface area contributed by atoms with Crippen LogP contribution in [0.4, 0.5) is 0 Å². The van der Waals surface area contributed by atoms with E-state index in [0.29, 0.717) is 6.54 Å². The average molecular weight is 187 g/mol. The lowest BCUT2D eigenvalue weighted by atomic mass is 10.3. The summed E-state index contributed by atoms with van der Waals surface area (Å²) in [6.45, 7) is 4.77. The smallest absolute Gasteiger partial charge is 0.331 e. The zero-order valence-corrected chi connectivity index (χ0v) is 7.45. The van der Waals surface area contributed by atoms with E-state index in [0.717, 1.165) is 6.08 Å². The van der Waals surface area contributed by atoms with Crippen LogP contribution in [0, 0.1) is 0 Å². The Kier molecular flexibility index (Phi) is 5.54. The van der Waals surface area contributed by atoms with Crippen molar-refractivity contribution in [3.63, 3.8) is 0 Å².